The number of hydrogen-bond donors (Lipinski definition) is 2. The molecular weight excluding hydrogens is 307 g/mol. The van der Waals surface area contributed by atoms with Crippen LogP contribution >= 0.6 is 23.2 Å². The summed E-state index contributed by atoms with van der Waals surface area (Å²) in [5.74, 6) is 1.97. The third kappa shape index (κ3) is 3.77. The molecule has 0 amide bonds. The molecule has 0 radical (unpaired) electrons. The van der Waals surface area contributed by atoms with Crippen molar-refractivity contribution in [2.75, 3.05) is 17.2 Å². The topological polar surface area (TPSA) is 49.8 Å². The Morgan fingerprint density at radius 3 is 2.43 bits per heavy atom. The van der Waals surface area contributed by atoms with Crippen LogP contribution in [0.25, 0.3) is 0 Å². The fourth-order valence-electron chi connectivity index (χ4n) is 2.13. The number of aromatic nitrogens is 2. The van der Waals surface area contributed by atoms with E-state index in [0.29, 0.717) is 21.9 Å². The number of anilines is 3. The van der Waals surface area contributed by atoms with E-state index in [-0.39, 0.29) is 0 Å². The Kier molecular flexibility index (Phi) is 4.17. The van der Waals surface area contributed by atoms with Gasteiger partial charge in [0.1, 0.15) is 5.82 Å². The molecule has 3 rings (SSSR count). The minimum absolute atomic E-state index is 0.564. The SMILES string of the molecule is CCNc1nc(Nc2cc(Cl)cc(Cl)c2)cc(C2CC2)n1. The molecule has 21 heavy (non-hydrogen) atoms. The summed E-state index contributed by atoms with van der Waals surface area (Å²) < 4.78 is 0. The molecule has 1 aliphatic rings. The summed E-state index contributed by atoms with van der Waals surface area (Å²) in [5, 5.41) is 7.59. The monoisotopic (exact) mass is 322 g/mol. The standard InChI is InChI=1S/C15H16Cl2N4/c1-2-18-15-20-13(9-3-4-9)8-14(21-15)19-12-6-10(16)5-11(17)7-12/h5-9H,2-4H2,1H3,(H2,18,19,20,21). The summed E-state index contributed by atoms with van der Waals surface area (Å²) in [5.41, 5.74) is 1.90. The van der Waals surface area contributed by atoms with Gasteiger partial charge < -0.3 is 10.6 Å². The highest BCUT2D eigenvalue weighted by atomic mass is 35.5. The van der Waals surface area contributed by atoms with E-state index in [0.717, 1.165) is 23.7 Å². The van der Waals surface area contributed by atoms with Gasteiger partial charge in [0, 0.05) is 34.3 Å². The molecule has 0 bridgehead atoms. The third-order valence-electron chi connectivity index (χ3n) is 3.21. The Balaban J connectivity index is 1.89. The van der Waals surface area contributed by atoms with Crippen LogP contribution in [0.15, 0.2) is 24.3 Å². The lowest BCUT2D eigenvalue weighted by atomic mass is 10.2. The molecule has 2 aromatic rings. The van der Waals surface area contributed by atoms with E-state index in [2.05, 4.69) is 20.6 Å². The summed E-state index contributed by atoms with van der Waals surface area (Å²) in [6.45, 7) is 2.81. The first-order chi connectivity index (χ1) is 10.1. The molecule has 2 N–H and O–H groups in total. The molecular formula is C15H16Cl2N4. The summed E-state index contributed by atoms with van der Waals surface area (Å²) in [7, 11) is 0. The zero-order chi connectivity index (χ0) is 14.8. The van der Waals surface area contributed by atoms with Crippen LogP contribution < -0.4 is 10.6 Å². The Bertz CT molecular complexity index is 636. The van der Waals surface area contributed by atoms with E-state index in [1.54, 1.807) is 6.07 Å². The van der Waals surface area contributed by atoms with Crippen molar-refractivity contribution < 1.29 is 0 Å². The lowest BCUT2D eigenvalue weighted by molar-refractivity contribution is 0.978. The lowest BCUT2D eigenvalue weighted by Gasteiger charge is -2.11. The minimum atomic E-state index is 0.564. The first-order valence-electron chi connectivity index (χ1n) is 7.00. The summed E-state index contributed by atoms with van der Waals surface area (Å²) >= 11 is 12.0. The fraction of sp³-hybridized carbons (Fsp3) is 0.333. The van der Waals surface area contributed by atoms with Crippen molar-refractivity contribution >= 4 is 40.7 Å². The van der Waals surface area contributed by atoms with Crippen LogP contribution in [0, 0.1) is 0 Å². The van der Waals surface area contributed by atoms with Gasteiger partial charge in [0.2, 0.25) is 5.95 Å². The van der Waals surface area contributed by atoms with Crippen molar-refractivity contribution in [2.24, 2.45) is 0 Å². The van der Waals surface area contributed by atoms with E-state index in [1.807, 2.05) is 25.1 Å². The minimum Gasteiger partial charge on any atom is -0.354 e. The molecule has 1 saturated carbocycles. The Morgan fingerprint density at radius 2 is 1.81 bits per heavy atom. The molecule has 0 spiro atoms. The molecule has 0 unspecified atom stereocenters. The molecule has 110 valence electrons. The maximum absolute atomic E-state index is 6.02. The molecule has 0 atom stereocenters. The highest BCUT2D eigenvalue weighted by Gasteiger charge is 2.26. The predicted octanol–water partition coefficient (Wildman–Crippen LogP) is 4.84. The zero-order valence-corrected chi connectivity index (χ0v) is 13.2. The first kappa shape index (κ1) is 14.4. The van der Waals surface area contributed by atoms with Crippen molar-refractivity contribution in [1.29, 1.82) is 0 Å². The Labute approximate surface area is 133 Å². The molecule has 1 fully saturated rings. The smallest absolute Gasteiger partial charge is 0.224 e. The zero-order valence-electron chi connectivity index (χ0n) is 11.7. The van der Waals surface area contributed by atoms with Gasteiger partial charge in [-0.15, -0.1) is 0 Å². The Hall–Kier alpha value is -1.52. The fourth-order valence-corrected chi connectivity index (χ4v) is 2.66. The Morgan fingerprint density at radius 1 is 1.10 bits per heavy atom. The van der Waals surface area contributed by atoms with Crippen LogP contribution in [0.3, 0.4) is 0 Å². The van der Waals surface area contributed by atoms with E-state index >= 15 is 0 Å². The van der Waals surface area contributed by atoms with Gasteiger partial charge in [-0.1, -0.05) is 23.2 Å². The maximum atomic E-state index is 6.02. The second-order valence-electron chi connectivity index (χ2n) is 5.09. The van der Waals surface area contributed by atoms with Gasteiger partial charge in [0.15, 0.2) is 0 Å². The number of benzene rings is 1. The van der Waals surface area contributed by atoms with E-state index in [9.17, 15) is 0 Å². The average Bonchev–Trinajstić information content (AvgIpc) is 3.21. The van der Waals surface area contributed by atoms with Crippen molar-refractivity contribution in [1.82, 2.24) is 9.97 Å². The highest BCUT2D eigenvalue weighted by Crippen LogP contribution is 2.40. The summed E-state index contributed by atoms with van der Waals surface area (Å²) in [6.07, 6.45) is 2.40. The van der Waals surface area contributed by atoms with Crippen LogP contribution in [-0.2, 0) is 0 Å². The average molecular weight is 323 g/mol. The highest BCUT2D eigenvalue weighted by molar-refractivity contribution is 6.35. The van der Waals surface area contributed by atoms with Crippen LogP contribution in [0.5, 0.6) is 0 Å². The molecule has 0 aliphatic heterocycles. The van der Waals surface area contributed by atoms with Gasteiger partial charge in [-0.2, -0.15) is 4.98 Å². The molecule has 4 nitrogen and oxygen atoms in total. The second-order valence-corrected chi connectivity index (χ2v) is 5.96. The van der Waals surface area contributed by atoms with E-state index < -0.39 is 0 Å². The van der Waals surface area contributed by atoms with Crippen molar-refractivity contribution in [3.05, 3.63) is 40.0 Å². The van der Waals surface area contributed by atoms with Gasteiger partial charge in [0.05, 0.1) is 5.69 Å². The first-order valence-corrected chi connectivity index (χ1v) is 7.75. The van der Waals surface area contributed by atoms with Crippen LogP contribution in [0.2, 0.25) is 10.0 Å². The largest absolute Gasteiger partial charge is 0.354 e. The molecule has 1 aliphatic carbocycles. The van der Waals surface area contributed by atoms with Crippen LogP contribution in [0.1, 0.15) is 31.4 Å². The molecule has 1 heterocycles. The number of hydrogen-bond acceptors (Lipinski definition) is 4. The van der Waals surface area contributed by atoms with E-state index in [4.69, 9.17) is 23.2 Å². The molecule has 0 saturated heterocycles. The lowest BCUT2D eigenvalue weighted by Crippen LogP contribution is -2.06. The van der Waals surface area contributed by atoms with Gasteiger partial charge >= 0.3 is 0 Å². The van der Waals surface area contributed by atoms with Gasteiger partial charge in [-0.3, -0.25) is 0 Å². The summed E-state index contributed by atoms with van der Waals surface area (Å²) in [6, 6.07) is 7.33. The van der Waals surface area contributed by atoms with Gasteiger partial charge in [-0.05, 0) is 38.0 Å². The number of nitrogens with one attached hydrogen (secondary N) is 2. The van der Waals surface area contributed by atoms with Gasteiger partial charge in [-0.25, -0.2) is 4.98 Å². The second kappa shape index (κ2) is 6.08. The number of nitrogens with zero attached hydrogens (tertiary/aromatic N) is 2. The van der Waals surface area contributed by atoms with Crippen LogP contribution in [-0.4, -0.2) is 16.5 Å². The molecule has 1 aromatic heterocycles. The van der Waals surface area contributed by atoms with Crippen molar-refractivity contribution in [3.63, 3.8) is 0 Å². The van der Waals surface area contributed by atoms with Crippen molar-refractivity contribution in [3.8, 4) is 0 Å². The van der Waals surface area contributed by atoms with Crippen molar-refractivity contribution in [2.45, 2.75) is 25.7 Å². The molecule has 1 aromatic carbocycles. The number of rotatable bonds is 5. The molecule has 6 heteroatoms. The van der Waals surface area contributed by atoms with Gasteiger partial charge in [0.25, 0.3) is 0 Å². The van der Waals surface area contributed by atoms with Crippen LogP contribution in [0.4, 0.5) is 17.5 Å². The quantitative estimate of drug-likeness (QED) is 0.827. The predicted molar refractivity (Wildman–Crippen MR) is 87.9 cm³/mol. The van der Waals surface area contributed by atoms with E-state index in [1.165, 1.54) is 12.8 Å². The maximum Gasteiger partial charge on any atom is 0.224 e. The summed E-state index contributed by atoms with van der Waals surface area (Å²) in [4.78, 5) is 9.02. The number of halogens is 2. The third-order valence-corrected chi connectivity index (χ3v) is 3.65. The normalized spacial score (nSPS) is 14.0.